The summed E-state index contributed by atoms with van der Waals surface area (Å²) in [5, 5.41) is 28.2. The van der Waals surface area contributed by atoms with Gasteiger partial charge in [-0.1, -0.05) is 20.8 Å². The minimum atomic E-state index is -1.10. The first-order chi connectivity index (χ1) is 5.84. The third kappa shape index (κ3) is 2.20. The molecule has 78 valence electrons. The average molecular weight is 190 g/mol. The van der Waals surface area contributed by atoms with Crippen molar-refractivity contribution >= 4 is 0 Å². The van der Waals surface area contributed by atoms with E-state index in [1.165, 1.54) is 0 Å². The Hall–Kier alpha value is -0.160. The third-order valence-electron chi connectivity index (χ3n) is 2.35. The van der Waals surface area contributed by atoms with E-state index < -0.39 is 24.4 Å². The highest BCUT2D eigenvalue weighted by atomic mass is 16.5. The summed E-state index contributed by atoms with van der Waals surface area (Å²) in [4.78, 5) is 0. The van der Waals surface area contributed by atoms with Crippen molar-refractivity contribution in [1.29, 1.82) is 0 Å². The topological polar surface area (TPSA) is 69.9 Å². The predicted molar refractivity (Wildman–Crippen MR) is 47.2 cm³/mol. The van der Waals surface area contributed by atoms with Crippen molar-refractivity contribution in [3.63, 3.8) is 0 Å². The monoisotopic (exact) mass is 190 g/mol. The van der Waals surface area contributed by atoms with E-state index in [0.29, 0.717) is 0 Å². The maximum absolute atomic E-state index is 9.61. The van der Waals surface area contributed by atoms with Gasteiger partial charge < -0.3 is 20.1 Å². The van der Waals surface area contributed by atoms with Crippen LogP contribution in [0.1, 0.15) is 20.8 Å². The van der Waals surface area contributed by atoms with Gasteiger partial charge >= 0.3 is 0 Å². The molecular weight excluding hydrogens is 172 g/mol. The molecule has 1 fully saturated rings. The Balaban J connectivity index is 2.70. The molecule has 0 saturated carbocycles. The van der Waals surface area contributed by atoms with Crippen LogP contribution in [0, 0.1) is 5.41 Å². The molecule has 1 aliphatic heterocycles. The Labute approximate surface area is 78.1 Å². The summed E-state index contributed by atoms with van der Waals surface area (Å²) in [5.41, 5.74) is -0.236. The fourth-order valence-electron chi connectivity index (χ4n) is 1.57. The maximum Gasteiger partial charge on any atom is 0.111 e. The van der Waals surface area contributed by atoms with Gasteiger partial charge in [-0.2, -0.15) is 0 Å². The summed E-state index contributed by atoms with van der Waals surface area (Å²) in [6.07, 6.45) is -3.51. The Morgan fingerprint density at radius 2 is 1.62 bits per heavy atom. The molecule has 4 heteroatoms. The van der Waals surface area contributed by atoms with E-state index in [1.807, 2.05) is 20.8 Å². The molecule has 1 aliphatic rings. The molecule has 0 aromatic rings. The van der Waals surface area contributed by atoms with Gasteiger partial charge in [-0.3, -0.25) is 0 Å². The molecule has 4 nitrogen and oxygen atoms in total. The van der Waals surface area contributed by atoms with Gasteiger partial charge in [0.25, 0.3) is 0 Å². The lowest BCUT2D eigenvalue weighted by Gasteiger charge is -2.41. The molecule has 0 aromatic carbocycles. The number of ether oxygens (including phenoxy) is 1. The fraction of sp³-hybridized carbons (Fsp3) is 1.00. The lowest BCUT2D eigenvalue weighted by Crippen LogP contribution is -2.56. The van der Waals surface area contributed by atoms with E-state index in [4.69, 9.17) is 4.74 Å². The summed E-state index contributed by atoms with van der Waals surface area (Å²) in [6.45, 7) is 5.85. The molecule has 4 atom stereocenters. The molecule has 0 aromatic heterocycles. The second kappa shape index (κ2) is 3.53. The van der Waals surface area contributed by atoms with Crippen molar-refractivity contribution in [1.82, 2.24) is 0 Å². The van der Waals surface area contributed by atoms with Gasteiger partial charge in [0.2, 0.25) is 0 Å². The summed E-state index contributed by atoms with van der Waals surface area (Å²) >= 11 is 0. The van der Waals surface area contributed by atoms with Gasteiger partial charge in [0.1, 0.15) is 18.3 Å². The highest BCUT2D eigenvalue weighted by molar-refractivity contribution is 4.92. The van der Waals surface area contributed by atoms with Crippen molar-refractivity contribution < 1.29 is 20.1 Å². The van der Waals surface area contributed by atoms with Crippen LogP contribution in [0.25, 0.3) is 0 Å². The molecule has 13 heavy (non-hydrogen) atoms. The van der Waals surface area contributed by atoms with Crippen LogP contribution in [0.5, 0.6) is 0 Å². The van der Waals surface area contributed by atoms with Gasteiger partial charge in [0, 0.05) is 0 Å². The van der Waals surface area contributed by atoms with Crippen molar-refractivity contribution in [3.05, 3.63) is 0 Å². The first-order valence-electron chi connectivity index (χ1n) is 4.50. The number of aliphatic hydroxyl groups excluding tert-OH is 3. The van der Waals surface area contributed by atoms with Crippen LogP contribution in [0.15, 0.2) is 0 Å². The van der Waals surface area contributed by atoms with Gasteiger partial charge in [-0.25, -0.2) is 0 Å². The average Bonchev–Trinajstić information content (AvgIpc) is 1.98. The van der Waals surface area contributed by atoms with Crippen LogP contribution in [-0.2, 0) is 4.74 Å². The molecule has 0 spiro atoms. The Morgan fingerprint density at radius 1 is 1.08 bits per heavy atom. The van der Waals surface area contributed by atoms with E-state index in [2.05, 4.69) is 0 Å². The number of hydrogen-bond acceptors (Lipinski definition) is 4. The first-order valence-corrected chi connectivity index (χ1v) is 4.50. The lowest BCUT2D eigenvalue weighted by molar-refractivity contribution is -0.211. The van der Waals surface area contributed by atoms with E-state index >= 15 is 0 Å². The van der Waals surface area contributed by atoms with Crippen molar-refractivity contribution in [2.75, 3.05) is 6.61 Å². The molecule has 0 bridgehead atoms. The maximum atomic E-state index is 9.61. The minimum Gasteiger partial charge on any atom is -0.388 e. The molecule has 1 rings (SSSR count). The number of hydrogen-bond donors (Lipinski definition) is 3. The molecule has 0 amide bonds. The number of aliphatic hydroxyl groups is 3. The second-order valence-corrected chi connectivity index (χ2v) is 4.67. The van der Waals surface area contributed by atoms with Crippen LogP contribution < -0.4 is 0 Å². The van der Waals surface area contributed by atoms with E-state index in [1.54, 1.807) is 0 Å². The zero-order valence-electron chi connectivity index (χ0n) is 8.27. The number of rotatable bonds is 0. The van der Waals surface area contributed by atoms with Crippen molar-refractivity contribution in [2.45, 2.75) is 45.2 Å². The zero-order valence-corrected chi connectivity index (χ0v) is 8.27. The van der Waals surface area contributed by atoms with Gasteiger partial charge in [0.05, 0.1) is 12.7 Å². The summed E-state index contributed by atoms with van der Waals surface area (Å²) < 4.78 is 5.28. The quantitative estimate of drug-likeness (QED) is 0.482. The molecular formula is C9H18O4. The van der Waals surface area contributed by atoms with Gasteiger partial charge in [0.15, 0.2) is 0 Å². The van der Waals surface area contributed by atoms with Gasteiger partial charge in [-0.15, -0.1) is 0 Å². The van der Waals surface area contributed by atoms with Gasteiger partial charge in [-0.05, 0) is 5.41 Å². The molecule has 1 unspecified atom stereocenters. The zero-order chi connectivity index (χ0) is 10.2. The van der Waals surface area contributed by atoms with Crippen molar-refractivity contribution in [2.24, 2.45) is 5.41 Å². The second-order valence-electron chi connectivity index (χ2n) is 4.67. The molecule has 0 radical (unpaired) electrons. The van der Waals surface area contributed by atoms with E-state index in [-0.39, 0.29) is 12.0 Å². The Morgan fingerprint density at radius 3 is 2.08 bits per heavy atom. The van der Waals surface area contributed by atoms with Crippen LogP contribution in [-0.4, -0.2) is 46.3 Å². The van der Waals surface area contributed by atoms with Crippen LogP contribution in [0.2, 0.25) is 0 Å². The summed E-state index contributed by atoms with van der Waals surface area (Å²) in [7, 11) is 0. The minimum absolute atomic E-state index is 0.0835. The highest BCUT2D eigenvalue weighted by Gasteiger charge is 2.42. The van der Waals surface area contributed by atoms with Crippen molar-refractivity contribution in [3.8, 4) is 0 Å². The largest absolute Gasteiger partial charge is 0.388 e. The normalized spacial score (nSPS) is 42.0. The Bertz CT molecular complexity index is 175. The summed E-state index contributed by atoms with van der Waals surface area (Å²) in [6, 6.07) is 0. The SMILES string of the molecule is CC(C)(C)[C@@H]1OC[C@@H](O)[C@@H](O)C1O. The first kappa shape index (κ1) is 10.9. The van der Waals surface area contributed by atoms with E-state index in [0.717, 1.165) is 0 Å². The predicted octanol–water partition coefficient (Wildman–Crippen LogP) is -0.486. The molecule has 3 N–H and O–H groups in total. The smallest absolute Gasteiger partial charge is 0.111 e. The standard InChI is InChI=1S/C9H18O4/c1-9(2,3)8-7(12)6(11)5(10)4-13-8/h5-8,10-12H,4H2,1-3H3/t5-,6-,7?,8-/m1/s1. The van der Waals surface area contributed by atoms with E-state index in [9.17, 15) is 15.3 Å². The van der Waals surface area contributed by atoms with Crippen LogP contribution >= 0.6 is 0 Å². The Kier molecular flexibility index (Phi) is 2.97. The van der Waals surface area contributed by atoms with Crippen LogP contribution in [0.3, 0.4) is 0 Å². The third-order valence-corrected chi connectivity index (χ3v) is 2.35. The molecule has 1 saturated heterocycles. The highest BCUT2D eigenvalue weighted by Crippen LogP contribution is 2.30. The summed E-state index contributed by atoms with van der Waals surface area (Å²) in [5.74, 6) is 0. The lowest BCUT2D eigenvalue weighted by atomic mass is 9.81. The molecule has 1 heterocycles. The fourth-order valence-corrected chi connectivity index (χ4v) is 1.57. The van der Waals surface area contributed by atoms with Crippen LogP contribution in [0.4, 0.5) is 0 Å². The molecule has 0 aliphatic carbocycles.